The topological polar surface area (TPSA) is 29.5 Å². The number of benzene rings is 1. The van der Waals surface area contributed by atoms with Gasteiger partial charge in [-0.15, -0.1) is 0 Å². The number of ether oxygens (including phenoxy) is 1. The maximum Gasteiger partial charge on any atom is 0.134 e. The van der Waals surface area contributed by atoms with Crippen LogP contribution < -0.4 is 0 Å². The molecule has 3 nitrogen and oxygen atoms in total. The average Bonchev–Trinajstić information content (AvgIpc) is 2.48. The molecule has 2 aliphatic rings. The summed E-state index contributed by atoms with van der Waals surface area (Å²) in [6.45, 7) is 5.44. The monoisotopic (exact) mass is 273 g/mol. The fourth-order valence-corrected chi connectivity index (χ4v) is 3.42. The van der Waals surface area contributed by atoms with Gasteiger partial charge >= 0.3 is 0 Å². The Balaban J connectivity index is 1.68. The zero-order valence-electron chi connectivity index (χ0n) is 12.2. The van der Waals surface area contributed by atoms with Crippen LogP contribution in [0.5, 0.6) is 0 Å². The number of rotatable bonds is 3. The van der Waals surface area contributed by atoms with Gasteiger partial charge in [0.25, 0.3) is 0 Å². The third kappa shape index (κ3) is 2.94. The largest absolute Gasteiger partial charge is 0.372 e. The molecule has 108 valence electrons. The number of carbonyl (C=O) groups excluding carboxylic acids is 1. The molecule has 0 saturated carbocycles. The van der Waals surface area contributed by atoms with E-state index in [1.165, 1.54) is 11.1 Å². The van der Waals surface area contributed by atoms with Crippen LogP contribution in [0.4, 0.5) is 0 Å². The third-order valence-corrected chi connectivity index (χ3v) is 4.60. The van der Waals surface area contributed by atoms with E-state index in [1.54, 1.807) is 6.92 Å². The molecular weight excluding hydrogens is 250 g/mol. The first-order valence-electron chi connectivity index (χ1n) is 7.66. The quantitative estimate of drug-likeness (QED) is 0.848. The molecule has 0 amide bonds. The highest BCUT2D eigenvalue weighted by atomic mass is 16.5. The minimum absolute atomic E-state index is 0.172. The van der Waals surface area contributed by atoms with Crippen molar-refractivity contribution in [3.8, 4) is 0 Å². The third-order valence-electron chi connectivity index (χ3n) is 4.60. The molecule has 2 unspecified atom stereocenters. The molecule has 1 aromatic rings. The van der Waals surface area contributed by atoms with Crippen LogP contribution in [0.25, 0.3) is 0 Å². The molecule has 1 aromatic carbocycles. The lowest BCUT2D eigenvalue weighted by atomic mass is 9.93. The van der Waals surface area contributed by atoms with Gasteiger partial charge in [-0.1, -0.05) is 24.3 Å². The smallest absolute Gasteiger partial charge is 0.134 e. The second-order valence-electron chi connectivity index (χ2n) is 6.02. The first-order valence-corrected chi connectivity index (χ1v) is 7.66. The molecule has 2 heterocycles. The van der Waals surface area contributed by atoms with E-state index >= 15 is 0 Å². The fourth-order valence-electron chi connectivity index (χ4n) is 3.42. The van der Waals surface area contributed by atoms with Gasteiger partial charge in [0.15, 0.2) is 0 Å². The van der Waals surface area contributed by atoms with E-state index in [0.717, 1.165) is 45.5 Å². The summed E-state index contributed by atoms with van der Waals surface area (Å²) < 4.78 is 5.98. The van der Waals surface area contributed by atoms with E-state index < -0.39 is 0 Å². The molecule has 0 spiro atoms. The van der Waals surface area contributed by atoms with E-state index in [-0.39, 0.29) is 12.0 Å². The Hall–Kier alpha value is -1.19. The van der Waals surface area contributed by atoms with Crippen molar-refractivity contribution in [2.75, 3.05) is 26.2 Å². The molecule has 0 bridgehead atoms. The number of Topliss-reactive ketones (excluding diaryl/α,β-unsaturated/α-hetero) is 1. The Kier molecular flexibility index (Phi) is 4.18. The van der Waals surface area contributed by atoms with Crippen LogP contribution in [0.1, 0.15) is 37.0 Å². The molecule has 2 aliphatic heterocycles. The highest BCUT2D eigenvalue weighted by Crippen LogP contribution is 2.29. The van der Waals surface area contributed by atoms with E-state index in [2.05, 4.69) is 29.2 Å². The van der Waals surface area contributed by atoms with E-state index in [4.69, 9.17) is 4.74 Å². The van der Waals surface area contributed by atoms with Crippen molar-refractivity contribution in [1.82, 2.24) is 4.90 Å². The van der Waals surface area contributed by atoms with Gasteiger partial charge in [-0.2, -0.15) is 0 Å². The lowest BCUT2D eigenvalue weighted by molar-refractivity contribution is -0.122. The minimum atomic E-state index is 0.172. The molecule has 0 radical (unpaired) electrons. The summed E-state index contributed by atoms with van der Waals surface area (Å²) in [5.74, 6) is 0.558. The number of fused-ring (bicyclic) bond motifs is 1. The van der Waals surface area contributed by atoms with Crippen LogP contribution in [0, 0.1) is 5.92 Å². The summed E-state index contributed by atoms with van der Waals surface area (Å²) in [6.07, 6.45) is 3.36. The van der Waals surface area contributed by atoms with Crippen molar-refractivity contribution in [1.29, 1.82) is 0 Å². The molecule has 20 heavy (non-hydrogen) atoms. The van der Waals surface area contributed by atoms with Crippen molar-refractivity contribution < 1.29 is 9.53 Å². The SMILES string of the molecule is CC(=O)C1CCCN(CC2OCCc3ccccc32)C1. The van der Waals surface area contributed by atoms with Gasteiger partial charge in [-0.05, 0) is 43.9 Å². The van der Waals surface area contributed by atoms with Gasteiger partial charge in [-0.3, -0.25) is 9.69 Å². The summed E-state index contributed by atoms with van der Waals surface area (Å²) in [7, 11) is 0. The van der Waals surface area contributed by atoms with Crippen molar-refractivity contribution in [2.45, 2.75) is 32.3 Å². The molecule has 3 heteroatoms. The van der Waals surface area contributed by atoms with Crippen LogP contribution in [0.2, 0.25) is 0 Å². The highest BCUT2D eigenvalue weighted by Gasteiger charge is 2.27. The zero-order chi connectivity index (χ0) is 13.9. The van der Waals surface area contributed by atoms with Gasteiger partial charge in [0.2, 0.25) is 0 Å². The maximum atomic E-state index is 11.6. The fraction of sp³-hybridized carbons (Fsp3) is 0.588. The zero-order valence-corrected chi connectivity index (χ0v) is 12.2. The number of likely N-dealkylation sites (tertiary alicyclic amines) is 1. The normalized spacial score (nSPS) is 27.1. The predicted molar refractivity (Wildman–Crippen MR) is 78.7 cm³/mol. The number of hydrogen-bond acceptors (Lipinski definition) is 3. The van der Waals surface area contributed by atoms with Gasteiger partial charge in [-0.25, -0.2) is 0 Å². The van der Waals surface area contributed by atoms with E-state index in [1.807, 2.05) is 0 Å². The molecule has 2 atom stereocenters. The van der Waals surface area contributed by atoms with Crippen molar-refractivity contribution in [2.24, 2.45) is 5.92 Å². The van der Waals surface area contributed by atoms with Gasteiger partial charge in [0, 0.05) is 19.0 Å². The summed E-state index contributed by atoms with van der Waals surface area (Å²) in [6, 6.07) is 8.59. The van der Waals surface area contributed by atoms with Crippen LogP contribution in [-0.2, 0) is 16.0 Å². The Morgan fingerprint density at radius 2 is 2.25 bits per heavy atom. The number of piperidine rings is 1. The average molecular weight is 273 g/mol. The molecule has 3 rings (SSSR count). The summed E-state index contributed by atoms with van der Waals surface area (Å²) >= 11 is 0. The Morgan fingerprint density at radius 3 is 3.10 bits per heavy atom. The van der Waals surface area contributed by atoms with E-state index in [0.29, 0.717) is 5.78 Å². The Labute approximate surface area is 120 Å². The number of carbonyl (C=O) groups is 1. The predicted octanol–water partition coefficient (Wildman–Crippen LogP) is 2.60. The first-order chi connectivity index (χ1) is 9.74. The van der Waals surface area contributed by atoms with Crippen molar-refractivity contribution in [3.05, 3.63) is 35.4 Å². The second-order valence-corrected chi connectivity index (χ2v) is 6.02. The van der Waals surface area contributed by atoms with Crippen molar-refractivity contribution in [3.63, 3.8) is 0 Å². The summed E-state index contributed by atoms with van der Waals surface area (Å²) in [5, 5.41) is 0. The lowest BCUT2D eigenvalue weighted by Crippen LogP contribution is -2.41. The standard InChI is InChI=1S/C17H23NO2/c1-13(19)15-6-4-9-18(11-15)12-17-16-7-3-2-5-14(16)8-10-20-17/h2-3,5,7,15,17H,4,6,8-12H2,1H3. The van der Waals surface area contributed by atoms with Gasteiger partial charge < -0.3 is 4.74 Å². The molecule has 0 aromatic heterocycles. The van der Waals surface area contributed by atoms with Crippen molar-refractivity contribution >= 4 is 5.78 Å². The Morgan fingerprint density at radius 1 is 1.40 bits per heavy atom. The van der Waals surface area contributed by atoms with Gasteiger partial charge in [0.1, 0.15) is 5.78 Å². The number of ketones is 1. The second kappa shape index (κ2) is 6.06. The summed E-state index contributed by atoms with van der Waals surface area (Å²) in [5.41, 5.74) is 2.76. The van der Waals surface area contributed by atoms with Gasteiger partial charge in [0.05, 0.1) is 12.7 Å². The molecule has 0 aliphatic carbocycles. The van der Waals surface area contributed by atoms with Crippen LogP contribution in [0.3, 0.4) is 0 Å². The van der Waals surface area contributed by atoms with Crippen LogP contribution in [0.15, 0.2) is 24.3 Å². The minimum Gasteiger partial charge on any atom is -0.372 e. The van der Waals surface area contributed by atoms with E-state index in [9.17, 15) is 4.79 Å². The number of hydrogen-bond donors (Lipinski definition) is 0. The Bertz CT molecular complexity index is 486. The highest BCUT2D eigenvalue weighted by molar-refractivity contribution is 5.78. The molecule has 1 saturated heterocycles. The van der Waals surface area contributed by atoms with Crippen LogP contribution in [-0.4, -0.2) is 36.9 Å². The maximum absolute atomic E-state index is 11.6. The first kappa shape index (κ1) is 13.8. The number of nitrogens with zero attached hydrogens (tertiary/aromatic N) is 1. The molecule has 0 N–H and O–H groups in total. The van der Waals surface area contributed by atoms with Crippen LogP contribution >= 0.6 is 0 Å². The summed E-state index contributed by atoms with van der Waals surface area (Å²) in [4.78, 5) is 14.0. The molecule has 1 fully saturated rings. The lowest BCUT2D eigenvalue weighted by Gasteiger charge is -2.35. The molecular formula is C17H23NO2.